The van der Waals surface area contributed by atoms with Crippen LogP contribution in [0.2, 0.25) is 5.02 Å². The van der Waals surface area contributed by atoms with Gasteiger partial charge in [0.15, 0.2) is 11.0 Å². The Kier molecular flexibility index (Phi) is 7.51. The minimum Gasteiger partial charge on any atom is -0.493 e. The smallest absolute Gasteiger partial charge is 0.416 e. The Morgan fingerprint density at radius 2 is 1.91 bits per heavy atom. The highest BCUT2D eigenvalue weighted by Crippen LogP contribution is 2.38. The van der Waals surface area contributed by atoms with Crippen LogP contribution in [0.4, 0.5) is 13.2 Å². The first kappa shape index (κ1) is 25.1. The van der Waals surface area contributed by atoms with E-state index in [1.807, 2.05) is 0 Å². The van der Waals surface area contributed by atoms with Gasteiger partial charge < -0.3 is 19.2 Å². The molecule has 1 amide bonds. The molecule has 1 aromatic heterocycles. The van der Waals surface area contributed by atoms with Crippen LogP contribution in [0, 0.1) is 0 Å². The number of hydrogen-bond acceptors (Lipinski definition) is 5. The first-order valence-corrected chi connectivity index (χ1v) is 10.4. The molecular weight excluding hydrogens is 479 g/mol. The van der Waals surface area contributed by atoms with E-state index in [9.17, 15) is 27.6 Å². The number of ether oxygens (including phenoxy) is 1. The van der Waals surface area contributed by atoms with Gasteiger partial charge >= 0.3 is 12.1 Å². The molecule has 0 bridgehead atoms. The summed E-state index contributed by atoms with van der Waals surface area (Å²) in [6.45, 7) is 0.599. The van der Waals surface area contributed by atoms with Gasteiger partial charge in [0, 0.05) is 19.5 Å². The molecule has 1 N–H and O–H groups in total. The molecule has 0 aliphatic heterocycles. The zero-order valence-electron chi connectivity index (χ0n) is 17.8. The number of carbonyl (C=O) groups excluding carboxylic acids is 1. The number of alkyl halides is 3. The lowest BCUT2D eigenvalue weighted by molar-refractivity contribution is -0.143. The maximum atomic E-state index is 13.3. The highest BCUT2D eigenvalue weighted by atomic mass is 35.5. The van der Waals surface area contributed by atoms with Crippen molar-refractivity contribution in [1.29, 1.82) is 0 Å². The molecule has 180 valence electrons. The van der Waals surface area contributed by atoms with Crippen molar-refractivity contribution in [3.8, 4) is 17.1 Å². The molecule has 0 saturated carbocycles. The van der Waals surface area contributed by atoms with Crippen molar-refractivity contribution in [1.82, 2.24) is 4.90 Å². The van der Waals surface area contributed by atoms with E-state index in [-0.39, 0.29) is 52.6 Å². The maximum absolute atomic E-state index is 13.3. The zero-order chi connectivity index (χ0) is 25.0. The molecule has 11 heteroatoms. The van der Waals surface area contributed by atoms with Crippen LogP contribution < -0.4 is 10.2 Å². The SMILES string of the molecule is CC(=O)N(CCCOc1cc(C(F)(F)F)ccc1-c1cc(=O)c2cccc(Cl)c2o1)CC(=O)O. The lowest BCUT2D eigenvalue weighted by Gasteiger charge is -2.19. The topological polar surface area (TPSA) is 97.0 Å². The Morgan fingerprint density at radius 3 is 2.56 bits per heavy atom. The second-order valence-electron chi connectivity index (χ2n) is 7.34. The third kappa shape index (κ3) is 5.88. The average Bonchev–Trinajstić information content (AvgIpc) is 2.75. The van der Waals surface area contributed by atoms with E-state index in [4.69, 9.17) is 25.9 Å². The Labute approximate surface area is 196 Å². The molecule has 3 aromatic rings. The molecule has 0 aliphatic carbocycles. The molecule has 0 saturated heterocycles. The highest BCUT2D eigenvalue weighted by molar-refractivity contribution is 6.34. The number of rotatable bonds is 8. The predicted molar refractivity (Wildman–Crippen MR) is 118 cm³/mol. The zero-order valence-corrected chi connectivity index (χ0v) is 18.6. The molecule has 1 heterocycles. The highest BCUT2D eigenvalue weighted by Gasteiger charge is 2.31. The summed E-state index contributed by atoms with van der Waals surface area (Å²) in [7, 11) is 0. The average molecular weight is 498 g/mol. The molecule has 0 unspecified atom stereocenters. The van der Waals surface area contributed by atoms with E-state index in [1.54, 1.807) is 6.07 Å². The van der Waals surface area contributed by atoms with Crippen molar-refractivity contribution in [2.75, 3.05) is 19.7 Å². The van der Waals surface area contributed by atoms with Gasteiger partial charge in [-0.25, -0.2) is 0 Å². The van der Waals surface area contributed by atoms with Crippen LogP contribution in [-0.4, -0.2) is 41.6 Å². The van der Waals surface area contributed by atoms with Gasteiger partial charge in [-0.3, -0.25) is 14.4 Å². The second-order valence-corrected chi connectivity index (χ2v) is 7.74. The van der Waals surface area contributed by atoms with Gasteiger partial charge in [0.25, 0.3) is 0 Å². The number of halogens is 4. The van der Waals surface area contributed by atoms with Gasteiger partial charge in [-0.15, -0.1) is 0 Å². The van der Waals surface area contributed by atoms with Crippen LogP contribution in [-0.2, 0) is 15.8 Å². The number of carboxylic acid groups (broad SMARTS) is 1. The summed E-state index contributed by atoms with van der Waals surface area (Å²) < 4.78 is 51.2. The number of para-hydroxylation sites is 1. The number of carbonyl (C=O) groups is 2. The minimum absolute atomic E-state index is 0.0244. The fourth-order valence-corrected chi connectivity index (χ4v) is 3.46. The standard InChI is InChI=1S/C23H19ClF3NO6/c1-13(29)28(12-21(31)32)8-3-9-33-19-10-14(23(25,26)27)6-7-16(19)20-11-18(30)15-4-2-5-17(24)22(15)34-20/h2,4-7,10-11H,3,8-9,12H2,1H3,(H,31,32). The first-order chi connectivity index (χ1) is 16.0. The number of benzene rings is 2. The van der Waals surface area contributed by atoms with Gasteiger partial charge in [0.2, 0.25) is 5.91 Å². The van der Waals surface area contributed by atoms with Crippen LogP contribution in [0.15, 0.2) is 51.7 Å². The summed E-state index contributed by atoms with van der Waals surface area (Å²) in [5.41, 5.74) is -1.22. The van der Waals surface area contributed by atoms with Gasteiger partial charge in [-0.1, -0.05) is 17.7 Å². The third-order valence-corrected chi connectivity index (χ3v) is 5.18. The van der Waals surface area contributed by atoms with Gasteiger partial charge in [0.05, 0.1) is 28.1 Å². The molecule has 0 radical (unpaired) electrons. The van der Waals surface area contributed by atoms with Crippen LogP contribution in [0.3, 0.4) is 0 Å². The third-order valence-electron chi connectivity index (χ3n) is 4.88. The van der Waals surface area contributed by atoms with Crippen molar-refractivity contribution in [2.45, 2.75) is 19.5 Å². The summed E-state index contributed by atoms with van der Waals surface area (Å²) in [4.78, 5) is 36.0. The maximum Gasteiger partial charge on any atom is 0.416 e. The van der Waals surface area contributed by atoms with Crippen molar-refractivity contribution in [2.24, 2.45) is 0 Å². The fraction of sp³-hybridized carbons (Fsp3) is 0.261. The van der Waals surface area contributed by atoms with E-state index in [2.05, 4.69) is 0 Å². The first-order valence-electron chi connectivity index (χ1n) is 10.0. The number of nitrogens with zero attached hydrogens (tertiary/aromatic N) is 1. The van der Waals surface area contributed by atoms with Crippen molar-refractivity contribution in [3.63, 3.8) is 0 Å². The molecule has 7 nitrogen and oxygen atoms in total. The van der Waals surface area contributed by atoms with Gasteiger partial charge in [0.1, 0.15) is 18.1 Å². The van der Waals surface area contributed by atoms with Crippen molar-refractivity contribution < 1.29 is 37.0 Å². The molecule has 0 fully saturated rings. The Morgan fingerprint density at radius 1 is 1.18 bits per heavy atom. The van der Waals surface area contributed by atoms with Gasteiger partial charge in [-0.2, -0.15) is 13.2 Å². The van der Waals surface area contributed by atoms with E-state index in [0.29, 0.717) is 0 Å². The Bertz CT molecular complexity index is 1290. The summed E-state index contributed by atoms with van der Waals surface area (Å²) in [5, 5.41) is 9.25. The molecule has 0 spiro atoms. The Hall–Kier alpha value is -3.53. The number of hydrogen-bond donors (Lipinski definition) is 1. The second kappa shape index (κ2) is 10.2. The molecule has 2 aromatic carbocycles. The molecular formula is C23H19ClF3NO6. The number of carboxylic acids is 1. The Balaban J connectivity index is 1.93. The lowest BCUT2D eigenvalue weighted by atomic mass is 10.1. The summed E-state index contributed by atoms with van der Waals surface area (Å²) in [6.07, 6.45) is -4.49. The normalized spacial score (nSPS) is 11.4. The molecule has 0 aliphatic rings. The monoisotopic (exact) mass is 497 g/mol. The van der Waals surface area contributed by atoms with E-state index >= 15 is 0 Å². The number of fused-ring (bicyclic) bond motifs is 1. The van der Waals surface area contributed by atoms with Crippen molar-refractivity contribution >= 4 is 34.4 Å². The minimum atomic E-state index is -4.64. The quantitative estimate of drug-likeness (QED) is 0.448. The van der Waals surface area contributed by atoms with E-state index in [1.165, 1.54) is 19.1 Å². The van der Waals surface area contributed by atoms with Gasteiger partial charge in [-0.05, 0) is 36.8 Å². The van der Waals surface area contributed by atoms with Crippen LogP contribution in [0.5, 0.6) is 5.75 Å². The summed E-state index contributed by atoms with van der Waals surface area (Å²) >= 11 is 6.12. The largest absolute Gasteiger partial charge is 0.493 e. The van der Waals surface area contributed by atoms with E-state index < -0.39 is 35.6 Å². The lowest BCUT2D eigenvalue weighted by Crippen LogP contribution is -2.35. The molecule has 34 heavy (non-hydrogen) atoms. The summed E-state index contributed by atoms with van der Waals surface area (Å²) in [5.74, 6) is -1.89. The number of aliphatic carboxylic acids is 1. The van der Waals surface area contributed by atoms with E-state index in [0.717, 1.165) is 29.2 Å². The predicted octanol–water partition coefficient (Wildman–Crippen LogP) is 4.83. The summed E-state index contributed by atoms with van der Waals surface area (Å²) in [6, 6.07) is 8.49. The fourth-order valence-electron chi connectivity index (χ4n) is 3.25. The van der Waals surface area contributed by atoms with Crippen molar-refractivity contribution in [3.05, 3.63) is 63.3 Å². The molecule has 3 rings (SSSR count). The van der Waals surface area contributed by atoms with Crippen LogP contribution >= 0.6 is 11.6 Å². The van der Waals surface area contributed by atoms with Crippen LogP contribution in [0.25, 0.3) is 22.3 Å². The molecule has 0 atom stereocenters. The number of amides is 1. The van der Waals surface area contributed by atoms with Crippen LogP contribution in [0.1, 0.15) is 18.9 Å².